The molecule has 2 atom stereocenters. The molecular formula is C13H16O4. The number of benzene rings is 1. The van der Waals surface area contributed by atoms with E-state index in [4.69, 9.17) is 9.47 Å². The van der Waals surface area contributed by atoms with E-state index in [1.165, 1.54) is 0 Å². The highest BCUT2D eigenvalue weighted by Gasteiger charge is 2.51. The largest absolute Gasteiger partial charge is 0.475 e. The number of carbonyl (C=O) groups excluding carboxylic acids is 1. The lowest BCUT2D eigenvalue weighted by Gasteiger charge is -2.25. The molecule has 0 aliphatic carbocycles. The van der Waals surface area contributed by atoms with Crippen molar-refractivity contribution in [1.29, 1.82) is 0 Å². The summed E-state index contributed by atoms with van der Waals surface area (Å²) < 4.78 is 10.4. The zero-order chi connectivity index (χ0) is 12.5. The third-order valence-electron chi connectivity index (χ3n) is 3.07. The lowest BCUT2D eigenvalue weighted by atomic mass is 9.87. The Morgan fingerprint density at radius 1 is 1.47 bits per heavy atom. The zero-order valence-electron chi connectivity index (χ0n) is 9.97. The Bertz CT molecular complexity index is 429. The van der Waals surface area contributed by atoms with Crippen molar-refractivity contribution in [3.63, 3.8) is 0 Å². The average Bonchev–Trinajstić information content (AvgIpc) is 2.65. The van der Waals surface area contributed by atoms with Gasteiger partial charge in [0.15, 0.2) is 0 Å². The molecule has 0 saturated heterocycles. The maximum atomic E-state index is 11.8. The molecule has 4 heteroatoms. The molecule has 1 aliphatic rings. The monoisotopic (exact) mass is 236 g/mol. The van der Waals surface area contributed by atoms with Crippen LogP contribution in [0.5, 0.6) is 5.75 Å². The predicted octanol–water partition coefficient (Wildman–Crippen LogP) is 1.61. The summed E-state index contributed by atoms with van der Waals surface area (Å²) in [4.78, 5) is 11.8. The second-order valence-corrected chi connectivity index (χ2v) is 4.02. The van der Waals surface area contributed by atoms with Gasteiger partial charge in [0.05, 0.1) is 6.61 Å². The van der Waals surface area contributed by atoms with Gasteiger partial charge >= 0.3 is 5.97 Å². The molecule has 0 unspecified atom stereocenters. The summed E-state index contributed by atoms with van der Waals surface area (Å²) in [5, 5.41) is 10.6. The van der Waals surface area contributed by atoms with Crippen LogP contribution in [-0.4, -0.2) is 23.8 Å². The van der Waals surface area contributed by atoms with Crippen LogP contribution >= 0.6 is 0 Å². The molecule has 0 radical (unpaired) electrons. The molecule has 1 aromatic carbocycles. The van der Waals surface area contributed by atoms with E-state index in [1.807, 2.05) is 19.1 Å². The number of para-hydroxylation sites is 1. The maximum Gasteiger partial charge on any atom is 0.350 e. The Morgan fingerprint density at radius 3 is 2.82 bits per heavy atom. The third-order valence-corrected chi connectivity index (χ3v) is 3.07. The summed E-state index contributed by atoms with van der Waals surface area (Å²) in [5.41, 5.74) is -0.636. The van der Waals surface area contributed by atoms with Crippen molar-refractivity contribution in [2.45, 2.75) is 32.0 Å². The highest BCUT2D eigenvalue weighted by atomic mass is 16.6. The molecule has 1 aromatic rings. The first-order valence-electron chi connectivity index (χ1n) is 5.78. The van der Waals surface area contributed by atoms with Crippen molar-refractivity contribution in [3.05, 3.63) is 29.8 Å². The van der Waals surface area contributed by atoms with E-state index < -0.39 is 17.7 Å². The van der Waals surface area contributed by atoms with Crippen LogP contribution < -0.4 is 4.74 Å². The van der Waals surface area contributed by atoms with Crippen LogP contribution in [0.2, 0.25) is 0 Å². The van der Waals surface area contributed by atoms with E-state index in [1.54, 1.807) is 19.1 Å². The number of fused-ring (bicyclic) bond motifs is 1. The SMILES string of the molecule is CCOC(=O)[C@@H]1Oc2ccccc2[C@@]1(O)CC. The van der Waals surface area contributed by atoms with E-state index >= 15 is 0 Å². The van der Waals surface area contributed by atoms with E-state index in [-0.39, 0.29) is 6.61 Å². The van der Waals surface area contributed by atoms with Gasteiger partial charge in [-0.05, 0) is 19.4 Å². The number of esters is 1. The summed E-state index contributed by atoms with van der Waals surface area (Å²) in [7, 11) is 0. The first kappa shape index (κ1) is 11.9. The smallest absolute Gasteiger partial charge is 0.350 e. The molecular weight excluding hydrogens is 220 g/mol. The van der Waals surface area contributed by atoms with Gasteiger partial charge in [-0.2, -0.15) is 0 Å². The second-order valence-electron chi connectivity index (χ2n) is 4.02. The Morgan fingerprint density at radius 2 is 2.18 bits per heavy atom. The topological polar surface area (TPSA) is 55.8 Å². The Balaban J connectivity index is 2.37. The molecule has 1 heterocycles. The molecule has 0 amide bonds. The normalized spacial score (nSPS) is 26.2. The van der Waals surface area contributed by atoms with Gasteiger partial charge < -0.3 is 14.6 Å². The molecule has 0 fully saturated rings. The Labute approximate surface area is 100 Å². The van der Waals surface area contributed by atoms with Gasteiger partial charge in [-0.1, -0.05) is 25.1 Å². The van der Waals surface area contributed by atoms with E-state index in [0.717, 1.165) is 0 Å². The van der Waals surface area contributed by atoms with Crippen LogP contribution in [0.15, 0.2) is 24.3 Å². The summed E-state index contributed by atoms with van der Waals surface area (Å²) >= 11 is 0. The van der Waals surface area contributed by atoms with Crippen molar-refractivity contribution >= 4 is 5.97 Å². The lowest BCUT2D eigenvalue weighted by Crippen LogP contribution is -2.44. The van der Waals surface area contributed by atoms with Crippen molar-refractivity contribution in [1.82, 2.24) is 0 Å². The summed E-state index contributed by atoms with van der Waals surface area (Å²) in [6.07, 6.45) is -0.571. The molecule has 1 N–H and O–H groups in total. The van der Waals surface area contributed by atoms with Gasteiger partial charge in [0.1, 0.15) is 11.4 Å². The minimum atomic E-state index is -1.29. The summed E-state index contributed by atoms with van der Waals surface area (Å²) in [5.74, 6) is 0.0305. The first-order valence-corrected chi connectivity index (χ1v) is 5.78. The van der Waals surface area contributed by atoms with Crippen LogP contribution in [0.4, 0.5) is 0 Å². The Hall–Kier alpha value is -1.55. The quantitative estimate of drug-likeness (QED) is 0.810. The van der Waals surface area contributed by atoms with Crippen LogP contribution in [0.1, 0.15) is 25.8 Å². The van der Waals surface area contributed by atoms with Crippen LogP contribution in [0.25, 0.3) is 0 Å². The number of ether oxygens (including phenoxy) is 2. The van der Waals surface area contributed by atoms with Crippen LogP contribution in [0.3, 0.4) is 0 Å². The van der Waals surface area contributed by atoms with Crippen molar-refractivity contribution in [2.75, 3.05) is 6.61 Å². The summed E-state index contributed by atoms with van der Waals surface area (Å²) in [6.45, 7) is 3.82. The molecule has 0 saturated carbocycles. The average molecular weight is 236 g/mol. The van der Waals surface area contributed by atoms with Crippen molar-refractivity contribution in [2.24, 2.45) is 0 Å². The predicted molar refractivity (Wildman–Crippen MR) is 61.7 cm³/mol. The highest BCUT2D eigenvalue weighted by Crippen LogP contribution is 2.43. The number of hydrogen-bond donors (Lipinski definition) is 1. The van der Waals surface area contributed by atoms with Gasteiger partial charge in [0, 0.05) is 5.56 Å². The van der Waals surface area contributed by atoms with Gasteiger partial charge in [0.25, 0.3) is 0 Å². The minimum absolute atomic E-state index is 0.273. The number of rotatable bonds is 3. The van der Waals surface area contributed by atoms with Crippen molar-refractivity contribution in [3.8, 4) is 5.75 Å². The van der Waals surface area contributed by atoms with Gasteiger partial charge in [-0.15, -0.1) is 0 Å². The number of aliphatic hydroxyl groups is 1. The standard InChI is InChI=1S/C13H16O4/c1-3-13(15)9-7-5-6-8-10(9)17-11(13)12(14)16-4-2/h5-8,11,15H,3-4H2,1-2H3/t11-,13-/m0/s1. The Kier molecular flexibility index (Phi) is 3.07. The van der Waals surface area contributed by atoms with Gasteiger partial charge in [-0.3, -0.25) is 0 Å². The molecule has 1 aliphatic heterocycles. The van der Waals surface area contributed by atoms with E-state index in [9.17, 15) is 9.90 Å². The van der Waals surface area contributed by atoms with Gasteiger partial charge in [-0.25, -0.2) is 4.79 Å². The van der Waals surface area contributed by atoms with Gasteiger partial charge in [0.2, 0.25) is 6.10 Å². The first-order chi connectivity index (χ1) is 8.13. The molecule has 0 aromatic heterocycles. The second kappa shape index (κ2) is 4.37. The molecule has 2 rings (SSSR count). The van der Waals surface area contributed by atoms with Crippen LogP contribution in [-0.2, 0) is 15.1 Å². The summed E-state index contributed by atoms with van der Waals surface area (Å²) in [6, 6.07) is 7.14. The maximum absolute atomic E-state index is 11.8. The highest BCUT2D eigenvalue weighted by molar-refractivity contribution is 5.79. The fourth-order valence-electron chi connectivity index (χ4n) is 2.13. The fraction of sp³-hybridized carbons (Fsp3) is 0.462. The van der Waals surface area contributed by atoms with E-state index in [0.29, 0.717) is 17.7 Å². The third kappa shape index (κ3) is 1.78. The molecule has 92 valence electrons. The molecule has 4 nitrogen and oxygen atoms in total. The fourth-order valence-corrected chi connectivity index (χ4v) is 2.13. The zero-order valence-corrected chi connectivity index (χ0v) is 9.97. The van der Waals surface area contributed by atoms with Crippen molar-refractivity contribution < 1.29 is 19.4 Å². The number of hydrogen-bond acceptors (Lipinski definition) is 4. The molecule has 0 bridgehead atoms. The molecule has 0 spiro atoms. The molecule has 17 heavy (non-hydrogen) atoms. The lowest BCUT2D eigenvalue weighted by molar-refractivity contribution is -0.163. The van der Waals surface area contributed by atoms with E-state index in [2.05, 4.69) is 0 Å². The van der Waals surface area contributed by atoms with Crippen LogP contribution in [0, 0.1) is 0 Å². The minimum Gasteiger partial charge on any atom is -0.475 e. The number of carbonyl (C=O) groups is 1.